The Morgan fingerprint density at radius 3 is 1.92 bits per heavy atom. The molecule has 14 heteroatoms. The van der Waals surface area contributed by atoms with Crippen LogP contribution in [0.25, 0.3) is 0 Å². The lowest BCUT2D eigenvalue weighted by Crippen LogP contribution is -2.59. The lowest BCUT2D eigenvalue weighted by Gasteiger charge is -2.33. The van der Waals surface area contributed by atoms with Crippen molar-refractivity contribution in [3.63, 3.8) is 0 Å². The van der Waals surface area contributed by atoms with Crippen LogP contribution in [0.15, 0.2) is 89.4 Å². The van der Waals surface area contributed by atoms with Gasteiger partial charge in [0.25, 0.3) is 5.91 Å². The van der Waals surface area contributed by atoms with E-state index in [9.17, 15) is 33.9 Å². The van der Waals surface area contributed by atoms with E-state index < -0.39 is 66.4 Å². The quantitative estimate of drug-likeness (QED) is 0.164. The molecule has 13 nitrogen and oxygen atoms in total. The highest BCUT2D eigenvalue weighted by molar-refractivity contribution is 9.10. The van der Waals surface area contributed by atoms with Gasteiger partial charge in [0.2, 0.25) is 29.5 Å². The van der Waals surface area contributed by atoms with Crippen LogP contribution in [0.5, 0.6) is 0 Å². The van der Waals surface area contributed by atoms with E-state index in [4.69, 9.17) is 5.73 Å². The number of aliphatic hydroxyl groups excluding tert-OH is 1. The van der Waals surface area contributed by atoms with E-state index in [2.05, 4.69) is 31.9 Å². The topological polar surface area (TPSA) is 191 Å². The van der Waals surface area contributed by atoms with Crippen LogP contribution < -0.4 is 21.7 Å². The van der Waals surface area contributed by atoms with Crippen LogP contribution in [0, 0.1) is 0 Å². The second-order valence-electron chi connectivity index (χ2n) is 13.0. The van der Waals surface area contributed by atoms with Crippen LogP contribution in [0.1, 0.15) is 47.2 Å². The molecule has 5 atom stereocenters. The summed E-state index contributed by atoms with van der Waals surface area (Å²) in [6.45, 7) is -0.121. The number of hydrogen-bond donors (Lipinski definition) is 5. The fourth-order valence-corrected chi connectivity index (χ4v) is 7.11. The number of likely N-dealkylation sites (tertiary alicyclic amines) is 2. The van der Waals surface area contributed by atoms with Gasteiger partial charge in [0.1, 0.15) is 30.2 Å². The van der Waals surface area contributed by atoms with Crippen molar-refractivity contribution in [3.05, 3.63) is 106 Å². The van der Waals surface area contributed by atoms with Crippen LogP contribution >= 0.6 is 15.9 Å². The maximum absolute atomic E-state index is 14.2. The maximum atomic E-state index is 14.2. The molecule has 6 amide bonds. The van der Waals surface area contributed by atoms with Crippen molar-refractivity contribution in [3.8, 4) is 0 Å². The zero-order chi connectivity index (χ0) is 37.2. The van der Waals surface area contributed by atoms with E-state index in [1.807, 2.05) is 36.4 Å². The largest absolute Gasteiger partial charge is 0.394 e. The third-order valence-corrected chi connectivity index (χ3v) is 9.88. The average Bonchev–Trinajstić information content (AvgIpc) is 3.84. The van der Waals surface area contributed by atoms with Gasteiger partial charge in [0.05, 0.1) is 6.61 Å². The third-order valence-electron chi connectivity index (χ3n) is 9.39. The van der Waals surface area contributed by atoms with Gasteiger partial charge in [-0.25, -0.2) is 0 Å². The number of primary amides is 1. The zero-order valence-corrected chi connectivity index (χ0v) is 30.2. The molecule has 2 saturated heterocycles. The standard InChI is InChI=1S/C38H43BrN6O7/c39-27-15-7-14-26(22-27)34(48)42-29(21-25-12-5-2-6-13-25)37(51)45-19-9-17-32(45)38(52)44-18-8-16-31(44)36(50)41-28(20-24-10-3-1-4-11-24)35(49)43-30(23-46)33(40)47/h1-7,10-15,22,28-32,46H,8-9,16-21,23H2,(H2,40,47)(H,41,50)(H,42,48)(H,43,49)/t28-,29-,30-,31-,32+/m0/s1. The second-order valence-corrected chi connectivity index (χ2v) is 13.9. The van der Waals surface area contributed by atoms with Gasteiger partial charge in [0, 0.05) is 36.0 Å². The number of nitrogens with one attached hydrogen (secondary N) is 3. The number of amides is 6. The molecule has 0 radical (unpaired) electrons. The Hall–Kier alpha value is -5.08. The number of carbonyl (C=O) groups excluding carboxylic acids is 6. The minimum absolute atomic E-state index is 0.0787. The predicted molar refractivity (Wildman–Crippen MR) is 195 cm³/mol. The van der Waals surface area contributed by atoms with Crippen molar-refractivity contribution in [2.24, 2.45) is 5.73 Å². The highest BCUT2D eigenvalue weighted by atomic mass is 79.9. The first-order valence-corrected chi connectivity index (χ1v) is 18.1. The maximum Gasteiger partial charge on any atom is 0.251 e. The van der Waals surface area contributed by atoms with E-state index in [1.165, 1.54) is 9.80 Å². The second kappa shape index (κ2) is 17.9. The minimum Gasteiger partial charge on any atom is -0.394 e. The molecule has 3 aromatic carbocycles. The molecule has 52 heavy (non-hydrogen) atoms. The van der Waals surface area contributed by atoms with Crippen molar-refractivity contribution >= 4 is 51.4 Å². The van der Waals surface area contributed by atoms with Crippen molar-refractivity contribution in [1.82, 2.24) is 25.8 Å². The number of rotatable bonds is 14. The SMILES string of the molecule is NC(=O)[C@H](CO)NC(=O)[C@H](Cc1ccccc1)NC(=O)[C@@H]1CCCN1C(=O)[C@H]1CCCN1C(=O)[C@H](Cc1ccccc1)NC(=O)c1cccc(Br)c1. The molecule has 6 N–H and O–H groups in total. The molecule has 0 unspecified atom stereocenters. The lowest BCUT2D eigenvalue weighted by molar-refractivity contribution is -0.147. The molecule has 0 aliphatic carbocycles. The van der Waals surface area contributed by atoms with Crippen LogP contribution in [-0.4, -0.2) is 100 Å². The molecule has 0 spiro atoms. The number of halogens is 1. The molecule has 3 aromatic rings. The molecule has 2 aliphatic heterocycles. The zero-order valence-electron chi connectivity index (χ0n) is 28.6. The molecule has 274 valence electrons. The van der Waals surface area contributed by atoms with Crippen molar-refractivity contribution in [2.75, 3.05) is 19.7 Å². The van der Waals surface area contributed by atoms with Crippen molar-refractivity contribution < 1.29 is 33.9 Å². The molecule has 0 saturated carbocycles. The van der Waals surface area contributed by atoms with Gasteiger partial charge < -0.3 is 36.6 Å². The van der Waals surface area contributed by atoms with Crippen LogP contribution in [0.2, 0.25) is 0 Å². The number of nitrogens with zero attached hydrogens (tertiary/aromatic N) is 2. The number of aliphatic hydroxyl groups is 1. The van der Waals surface area contributed by atoms with Gasteiger partial charge in [-0.3, -0.25) is 28.8 Å². The Labute approximate surface area is 310 Å². The number of benzene rings is 3. The van der Waals surface area contributed by atoms with Gasteiger partial charge in [-0.15, -0.1) is 0 Å². The Kier molecular flexibility index (Phi) is 13.1. The van der Waals surface area contributed by atoms with Gasteiger partial charge in [0.15, 0.2) is 0 Å². The summed E-state index contributed by atoms with van der Waals surface area (Å²) >= 11 is 3.38. The first-order chi connectivity index (χ1) is 25.0. The lowest BCUT2D eigenvalue weighted by atomic mass is 10.0. The summed E-state index contributed by atoms with van der Waals surface area (Å²) in [6, 6.07) is 19.9. The first kappa shape index (κ1) is 38.2. The Bertz CT molecular complexity index is 1760. The van der Waals surface area contributed by atoms with E-state index in [-0.39, 0.29) is 25.3 Å². The van der Waals surface area contributed by atoms with E-state index in [0.717, 1.165) is 11.1 Å². The number of hydrogen-bond acceptors (Lipinski definition) is 7. The molecule has 2 heterocycles. The van der Waals surface area contributed by atoms with Crippen LogP contribution in [-0.2, 0) is 36.8 Å². The number of nitrogens with two attached hydrogens (primary N) is 1. The minimum atomic E-state index is -1.34. The van der Waals surface area contributed by atoms with Crippen LogP contribution in [0.4, 0.5) is 0 Å². The van der Waals surface area contributed by atoms with E-state index in [0.29, 0.717) is 42.3 Å². The van der Waals surface area contributed by atoms with Crippen molar-refractivity contribution in [1.29, 1.82) is 0 Å². The fraction of sp³-hybridized carbons (Fsp3) is 0.368. The molecule has 2 fully saturated rings. The van der Waals surface area contributed by atoms with Crippen LogP contribution in [0.3, 0.4) is 0 Å². The molecule has 0 aromatic heterocycles. The summed E-state index contributed by atoms with van der Waals surface area (Å²) in [4.78, 5) is 83.6. The van der Waals surface area contributed by atoms with E-state index >= 15 is 0 Å². The predicted octanol–water partition coefficient (Wildman–Crippen LogP) is 1.46. The van der Waals surface area contributed by atoms with Gasteiger partial charge in [-0.2, -0.15) is 0 Å². The van der Waals surface area contributed by atoms with Gasteiger partial charge >= 0.3 is 0 Å². The molecular weight excluding hydrogens is 732 g/mol. The van der Waals surface area contributed by atoms with Gasteiger partial charge in [-0.05, 0) is 55.0 Å². The monoisotopic (exact) mass is 774 g/mol. The molecule has 2 aliphatic rings. The smallest absolute Gasteiger partial charge is 0.251 e. The van der Waals surface area contributed by atoms with Crippen molar-refractivity contribution in [2.45, 2.75) is 68.7 Å². The Morgan fingerprint density at radius 2 is 1.33 bits per heavy atom. The molecule has 0 bridgehead atoms. The summed E-state index contributed by atoms with van der Waals surface area (Å²) in [7, 11) is 0. The normalized spacial score (nSPS) is 18.6. The highest BCUT2D eigenvalue weighted by Gasteiger charge is 2.44. The first-order valence-electron chi connectivity index (χ1n) is 17.3. The molecule has 5 rings (SSSR count). The fourth-order valence-electron chi connectivity index (χ4n) is 6.71. The Balaban J connectivity index is 1.32. The summed E-state index contributed by atoms with van der Waals surface area (Å²) < 4.78 is 0.715. The number of carbonyl (C=O) groups is 6. The van der Waals surface area contributed by atoms with Gasteiger partial charge in [-0.1, -0.05) is 82.7 Å². The average molecular weight is 776 g/mol. The summed E-state index contributed by atoms with van der Waals surface area (Å²) in [5.74, 6) is -3.39. The Morgan fingerprint density at radius 1 is 0.731 bits per heavy atom. The summed E-state index contributed by atoms with van der Waals surface area (Å²) in [5, 5.41) is 17.6. The third kappa shape index (κ3) is 9.62. The van der Waals surface area contributed by atoms with E-state index in [1.54, 1.807) is 48.5 Å². The molecular formula is C38H43BrN6O7. The summed E-state index contributed by atoms with van der Waals surface area (Å²) in [6.07, 6.45) is 2.13. The highest BCUT2D eigenvalue weighted by Crippen LogP contribution is 2.26. The summed E-state index contributed by atoms with van der Waals surface area (Å²) in [5.41, 5.74) is 7.26.